The van der Waals surface area contributed by atoms with E-state index in [9.17, 15) is 4.79 Å². The Hall–Kier alpha value is -0.490. The van der Waals surface area contributed by atoms with Crippen molar-refractivity contribution in [2.45, 2.75) is 20.0 Å². The zero-order valence-corrected chi connectivity index (χ0v) is 11.8. The Labute approximate surface area is 113 Å². The number of hydrogen-bond acceptors (Lipinski definition) is 2. The van der Waals surface area contributed by atoms with Crippen LogP contribution in [0.4, 0.5) is 0 Å². The molecule has 0 radical (unpaired) electrons. The summed E-state index contributed by atoms with van der Waals surface area (Å²) in [6.07, 6.45) is -0.879. The number of carbonyl (C=O) groups is 1. The quantitative estimate of drug-likeness (QED) is 0.843. The molecule has 0 amide bonds. The fourth-order valence-corrected chi connectivity index (χ4v) is 1.80. The zero-order valence-electron chi connectivity index (χ0n) is 8.91. The Morgan fingerprint density at radius 3 is 2.62 bits per heavy atom. The fraction of sp³-hybridized carbons (Fsp3) is 0.364. The van der Waals surface area contributed by atoms with Crippen molar-refractivity contribution >= 4 is 40.2 Å². The van der Waals surface area contributed by atoms with Crippen molar-refractivity contribution in [2.24, 2.45) is 5.92 Å². The van der Waals surface area contributed by atoms with Crippen molar-refractivity contribution in [3.63, 3.8) is 0 Å². The molecule has 1 aromatic carbocycles. The average Bonchev–Trinajstić information content (AvgIpc) is 2.18. The predicted octanol–water partition coefficient (Wildman–Crippen LogP) is 3.43. The molecule has 0 aliphatic heterocycles. The third-order valence-corrected chi connectivity index (χ3v) is 2.98. The van der Waals surface area contributed by atoms with Crippen molar-refractivity contribution in [2.75, 3.05) is 0 Å². The molecule has 0 spiro atoms. The molecule has 16 heavy (non-hydrogen) atoms. The Bertz CT molecular complexity index is 393. The summed E-state index contributed by atoms with van der Waals surface area (Å²) in [5, 5.41) is 9.42. The van der Waals surface area contributed by atoms with Gasteiger partial charge in [0.15, 0.2) is 6.10 Å². The lowest BCUT2D eigenvalue weighted by Crippen LogP contribution is -2.32. The highest BCUT2D eigenvalue weighted by Gasteiger charge is 2.24. The minimum absolute atomic E-state index is 0.119. The molecule has 0 fully saturated rings. The molecule has 0 bridgehead atoms. The van der Waals surface area contributed by atoms with Crippen LogP contribution in [0.25, 0.3) is 0 Å². The predicted molar refractivity (Wildman–Crippen MR) is 71.1 cm³/mol. The van der Waals surface area contributed by atoms with Gasteiger partial charge in [0.05, 0.1) is 5.02 Å². The molecule has 5 heteroatoms. The lowest BCUT2D eigenvalue weighted by atomic mass is 10.1. The number of rotatable bonds is 4. The highest BCUT2D eigenvalue weighted by atomic mass is 127. The van der Waals surface area contributed by atoms with Gasteiger partial charge in [-0.2, -0.15) is 0 Å². The summed E-state index contributed by atoms with van der Waals surface area (Å²) in [6, 6.07) is 5.25. The van der Waals surface area contributed by atoms with E-state index in [4.69, 9.17) is 21.4 Å². The Morgan fingerprint density at radius 2 is 2.12 bits per heavy atom. The van der Waals surface area contributed by atoms with Gasteiger partial charge < -0.3 is 9.84 Å². The van der Waals surface area contributed by atoms with Crippen LogP contribution in [0.15, 0.2) is 18.2 Å². The number of aliphatic carboxylic acids is 1. The minimum Gasteiger partial charge on any atom is -0.478 e. The van der Waals surface area contributed by atoms with E-state index in [0.717, 1.165) is 3.57 Å². The molecule has 3 nitrogen and oxygen atoms in total. The van der Waals surface area contributed by atoms with Gasteiger partial charge in [-0.05, 0) is 40.8 Å². The largest absolute Gasteiger partial charge is 0.478 e. The number of benzene rings is 1. The molecule has 1 N–H and O–H groups in total. The van der Waals surface area contributed by atoms with Crippen molar-refractivity contribution in [1.82, 2.24) is 0 Å². The topological polar surface area (TPSA) is 46.5 Å². The molecule has 0 aliphatic carbocycles. The van der Waals surface area contributed by atoms with E-state index >= 15 is 0 Å². The summed E-state index contributed by atoms with van der Waals surface area (Å²) in [4.78, 5) is 11.0. The van der Waals surface area contributed by atoms with E-state index in [-0.39, 0.29) is 5.92 Å². The van der Waals surface area contributed by atoms with E-state index in [1.54, 1.807) is 26.0 Å². The molecule has 0 saturated heterocycles. The van der Waals surface area contributed by atoms with Gasteiger partial charge in [0.25, 0.3) is 0 Å². The number of ether oxygens (including phenoxy) is 1. The molecule has 1 unspecified atom stereocenters. The summed E-state index contributed by atoms with van der Waals surface area (Å²) in [5.74, 6) is -0.689. The summed E-state index contributed by atoms with van der Waals surface area (Å²) >= 11 is 8.05. The normalized spacial score (nSPS) is 12.6. The maximum atomic E-state index is 11.0. The first-order chi connectivity index (χ1) is 7.41. The first kappa shape index (κ1) is 13.6. The van der Waals surface area contributed by atoms with Crippen LogP contribution in [0.3, 0.4) is 0 Å². The van der Waals surface area contributed by atoms with E-state index < -0.39 is 12.1 Å². The summed E-state index contributed by atoms with van der Waals surface area (Å²) in [5.41, 5.74) is 0. The van der Waals surface area contributed by atoms with Crippen LogP contribution in [0, 0.1) is 9.49 Å². The second-order valence-electron chi connectivity index (χ2n) is 3.70. The van der Waals surface area contributed by atoms with Crippen LogP contribution in [0.1, 0.15) is 13.8 Å². The second-order valence-corrected chi connectivity index (χ2v) is 5.35. The Kier molecular flexibility index (Phi) is 4.86. The molecular formula is C11H12ClIO3. The van der Waals surface area contributed by atoms with Gasteiger partial charge in [-0.25, -0.2) is 4.79 Å². The molecule has 88 valence electrons. The smallest absolute Gasteiger partial charge is 0.345 e. The van der Waals surface area contributed by atoms with Crippen LogP contribution in [0.5, 0.6) is 5.75 Å². The first-order valence-corrected chi connectivity index (χ1v) is 6.22. The second kappa shape index (κ2) is 5.72. The third kappa shape index (κ3) is 3.52. The van der Waals surface area contributed by atoms with E-state index in [2.05, 4.69) is 22.6 Å². The minimum atomic E-state index is -0.982. The van der Waals surface area contributed by atoms with Gasteiger partial charge in [0.2, 0.25) is 0 Å². The number of halogens is 2. The van der Waals surface area contributed by atoms with Crippen molar-refractivity contribution in [3.8, 4) is 5.75 Å². The van der Waals surface area contributed by atoms with Gasteiger partial charge in [0.1, 0.15) is 5.75 Å². The fourth-order valence-electron chi connectivity index (χ4n) is 1.18. The van der Waals surface area contributed by atoms with Gasteiger partial charge in [-0.15, -0.1) is 0 Å². The molecule has 0 heterocycles. The van der Waals surface area contributed by atoms with Crippen LogP contribution in [0.2, 0.25) is 5.02 Å². The summed E-state index contributed by atoms with van der Waals surface area (Å²) < 4.78 is 6.36. The number of carboxylic acid groups (broad SMARTS) is 1. The maximum Gasteiger partial charge on any atom is 0.345 e. The number of hydrogen-bond donors (Lipinski definition) is 1. The Morgan fingerprint density at radius 1 is 1.50 bits per heavy atom. The molecule has 0 saturated carbocycles. The third-order valence-electron chi connectivity index (χ3n) is 2.00. The summed E-state index contributed by atoms with van der Waals surface area (Å²) in [6.45, 7) is 3.58. The van der Waals surface area contributed by atoms with Gasteiger partial charge in [-0.1, -0.05) is 25.4 Å². The van der Waals surface area contributed by atoms with E-state index in [1.807, 2.05) is 6.07 Å². The van der Waals surface area contributed by atoms with E-state index in [1.165, 1.54) is 0 Å². The maximum absolute atomic E-state index is 11.0. The van der Waals surface area contributed by atoms with Gasteiger partial charge in [0, 0.05) is 9.49 Å². The Balaban J connectivity index is 2.93. The van der Waals surface area contributed by atoms with Crippen LogP contribution >= 0.6 is 34.2 Å². The van der Waals surface area contributed by atoms with Crippen LogP contribution in [-0.2, 0) is 4.79 Å². The standard InChI is InChI=1S/C11H12ClIO3/c1-6(2)10(11(14)15)16-9-5-7(13)3-4-8(9)12/h3-6,10H,1-2H3,(H,14,15). The lowest BCUT2D eigenvalue weighted by Gasteiger charge is -2.19. The monoisotopic (exact) mass is 354 g/mol. The van der Waals surface area contributed by atoms with Crippen LogP contribution < -0.4 is 4.74 Å². The zero-order chi connectivity index (χ0) is 12.3. The molecule has 1 rings (SSSR count). The average molecular weight is 355 g/mol. The highest BCUT2D eigenvalue weighted by Crippen LogP contribution is 2.28. The van der Waals surface area contributed by atoms with Crippen molar-refractivity contribution in [1.29, 1.82) is 0 Å². The van der Waals surface area contributed by atoms with Crippen molar-refractivity contribution < 1.29 is 14.6 Å². The van der Waals surface area contributed by atoms with E-state index in [0.29, 0.717) is 10.8 Å². The molecular weight excluding hydrogens is 342 g/mol. The van der Waals surface area contributed by atoms with Crippen molar-refractivity contribution in [3.05, 3.63) is 26.8 Å². The molecule has 0 aliphatic rings. The van der Waals surface area contributed by atoms with Gasteiger partial charge >= 0.3 is 5.97 Å². The van der Waals surface area contributed by atoms with Crippen LogP contribution in [-0.4, -0.2) is 17.2 Å². The first-order valence-electron chi connectivity index (χ1n) is 4.76. The SMILES string of the molecule is CC(C)C(Oc1cc(I)ccc1Cl)C(=O)O. The molecule has 1 aromatic rings. The summed E-state index contributed by atoms with van der Waals surface area (Å²) in [7, 11) is 0. The highest BCUT2D eigenvalue weighted by molar-refractivity contribution is 14.1. The molecule has 1 atom stereocenters. The lowest BCUT2D eigenvalue weighted by molar-refractivity contribution is -0.147. The number of carboxylic acids is 1. The molecule has 0 aromatic heterocycles. The van der Waals surface area contributed by atoms with Gasteiger partial charge in [-0.3, -0.25) is 0 Å².